The fraction of sp³-hybridized carbons (Fsp3) is 0.609. The lowest BCUT2D eigenvalue weighted by Gasteiger charge is -2.59. The van der Waals surface area contributed by atoms with Crippen LogP contribution in [0.25, 0.3) is 10.9 Å². The van der Waals surface area contributed by atoms with Gasteiger partial charge in [0.25, 0.3) is 0 Å². The van der Waals surface area contributed by atoms with Gasteiger partial charge in [0.05, 0.1) is 0 Å². The van der Waals surface area contributed by atoms with Crippen molar-refractivity contribution in [1.29, 1.82) is 0 Å². The first kappa shape index (κ1) is 17.3. The van der Waals surface area contributed by atoms with Crippen molar-refractivity contribution in [3.8, 4) is 0 Å². The number of fused-ring (bicyclic) bond motifs is 3. The lowest BCUT2D eigenvalue weighted by atomic mass is 9.67. The Kier molecular flexibility index (Phi) is 4.03. The van der Waals surface area contributed by atoms with Gasteiger partial charge in [-0.25, -0.2) is 0 Å². The Morgan fingerprint density at radius 2 is 1.93 bits per heavy atom. The summed E-state index contributed by atoms with van der Waals surface area (Å²) >= 11 is 6.18. The van der Waals surface area contributed by atoms with Gasteiger partial charge in [-0.05, 0) is 81.3 Å². The lowest BCUT2D eigenvalue weighted by Crippen LogP contribution is -2.67. The zero-order valence-electron chi connectivity index (χ0n) is 16.3. The Labute approximate surface area is 171 Å². The Balaban J connectivity index is 1.34. The fourth-order valence-corrected chi connectivity index (χ4v) is 7.11. The van der Waals surface area contributed by atoms with Crippen molar-refractivity contribution in [2.45, 2.75) is 56.7 Å². The molecule has 4 fully saturated rings. The number of amides is 1. The normalized spacial score (nSPS) is 35.7. The highest BCUT2D eigenvalue weighted by Gasteiger charge is 2.51. The van der Waals surface area contributed by atoms with Crippen molar-refractivity contribution in [2.24, 2.45) is 11.8 Å². The van der Waals surface area contributed by atoms with Crippen LogP contribution < -0.4 is 0 Å². The van der Waals surface area contributed by atoms with Gasteiger partial charge in [0.2, 0.25) is 5.91 Å². The summed E-state index contributed by atoms with van der Waals surface area (Å²) in [6.45, 7) is 3.53. The monoisotopic (exact) mass is 397 g/mol. The largest absolute Gasteiger partial charge is 0.344 e. The third kappa shape index (κ3) is 2.57. The van der Waals surface area contributed by atoms with E-state index in [1.807, 2.05) is 12.1 Å². The number of carbonyl (C=O) groups is 1. The van der Waals surface area contributed by atoms with Crippen molar-refractivity contribution >= 4 is 28.4 Å². The molecule has 4 saturated heterocycles. The third-order valence-corrected chi connectivity index (χ3v) is 8.23. The summed E-state index contributed by atoms with van der Waals surface area (Å²) in [5.74, 6) is 1.74. The van der Waals surface area contributed by atoms with E-state index in [1.54, 1.807) is 0 Å². The maximum Gasteiger partial charge on any atom is 0.224 e. The minimum atomic E-state index is 0.267. The van der Waals surface area contributed by atoms with Crippen LogP contribution in [-0.4, -0.2) is 52.0 Å². The van der Waals surface area contributed by atoms with Crippen LogP contribution in [0.1, 0.15) is 44.6 Å². The predicted octanol–water partition coefficient (Wildman–Crippen LogP) is 4.33. The zero-order chi connectivity index (χ0) is 18.8. The summed E-state index contributed by atoms with van der Waals surface area (Å²) < 4.78 is 2.34. The number of nitrogens with zero attached hydrogens (tertiary/aromatic N) is 3. The first-order valence-electron chi connectivity index (χ1n) is 11.0. The van der Waals surface area contributed by atoms with Crippen LogP contribution in [0.4, 0.5) is 0 Å². The molecule has 2 aromatic rings. The molecule has 0 radical (unpaired) electrons. The van der Waals surface area contributed by atoms with Crippen LogP contribution in [0.2, 0.25) is 5.02 Å². The molecule has 0 aliphatic carbocycles. The molecule has 28 heavy (non-hydrogen) atoms. The van der Waals surface area contributed by atoms with E-state index in [9.17, 15) is 4.79 Å². The smallest absolute Gasteiger partial charge is 0.224 e. The Bertz CT molecular complexity index is 922. The van der Waals surface area contributed by atoms with E-state index in [1.165, 1.54) is 49.7 Å². The lowest BCUT2D eigenvalue weighted by molar-refractivity contribution is -0.153. The average molecular weight is 398 g/mol. The van der Waals surface area contributed by atoms with Crippen LogP contribution in [0.5, 0.6) is 0 Å². The second kappa shape index (κ2) is 6.50. The standard InChI is InChI=1S/C23H28ClN3O/c24-17-5-6-20-15(11-17)7-10-26(20)18-12-21-19-4-2-9-25-8-1-3-16(23(19)25)14-27(21)22(28)13-18/h5-7,10-11,16,18-19,21,23H,1-4,8-9,12-14H2/t16-,18?,19+,21+,23-/m0/s1. The molecule has 5 heterocycles. The zero-order valence-corrected chi connectivity index (χ0v) is 17.0. The molecule has 1 amide bonds. The molecule has 0 N–H and O–H groups in total. The van der Waals surface area contributed by atoms with Gasteiger partial charge < -0.3 is 9.47 Å². The molecule has 5 heteroatoms. The molecule has 0 spiro atoms. The highest BCUT2D eigenvalue weighted by atomic mass is 35.5. The van der Waals surface area contributed by atoms with E-state index in [0.29, 0.717) is 30.2 Å². The second-order valence-electron chi connectivity index (χ2n) is 9.37. The summed E-state index contributed by atoms with van der Waals surface area (Å²) in [5, 5.41) is 1.94. The molecule has 148 valence electrons. The fourth-order valence-electron chi connectivity index (χ4n) is 6.93. The van der Waals surface area contributed by atoms with Crippen LogP contribution in [0, 0.1) is 11.8 Å². The van der Waals surface area contributed by atoms with E-state index in [-0.39, 0.29) is 6.04 Å². The minimum Gasteiger partial charge on any atom is -0.344 e. The van der Waals surface area contributed by atoms with Gasteiger partial charge in [-0.1, -0.05) is 11.6 Å². The van der Waals surface area contributed by atoms with E-state index in [4.69, 9.17) is 11.6 Å². The molecular formula is C23H28ClN3O. The van der Waals surface area contributed by atoms with Crippen LogP contribution in [-0.2, 0) is 4.79 Å². The second-order valence-corrected chi connectivity index (χ2v) is 9.80. The molecule has 0 saturated carbocycles. The number of rotatable bonds is 1. The van der Waals surface area contributed by atoms with Crippen molar-refractivity contribution in [3.63, 3.8) is 0 Å². The number of hydrogen-bond acceptors (Lipinski definition) is 2. The summed E-state index contributed by atoms with van der Waals surface area (Å²) in [7, 11) is 0. The minimum absolute atomic E-state index is 0.267. The highest BCUT2D eigenvalue weighted by Crippen LogP contribution is 2.46. The number of carbonyl (C=O) groups excluding carboxylic acids is 1. The first-order chi connectivity index (χ1) is 13.7. The molecule has 4 nitrogen and oxygen atoms in total. The van der Waals surface area contributed by atoms with E-state index in [0.717, 1.165) is 24.0 Å². The van der Waals surface area contributed by atoms with Crippen molar-refractivity contribution in [2.75, 3.05) is 19.6 Å². The summed E-state index contributed by atoms with van der Waals surface area (Å²) in [5.41, 5.74) is 1.20. The van der Waals surface area contributed by atoms with E-state index < -0.39 is 0 Å². The summed E-state index contributed by atoms with van der Waals surface area (Å²) in [4.78, 5) is 18.3. The van der Waals surface area contributed by atoms with Gasteiger partial charge in [0.1, 0.15) is 0 Å². The molecule has 4 aliphatic heterocycles. The van der Waals surface area contributed by atoms with Gasteiger partial charge >= 0.3 is 0 Å². The first-order valence-corrected chi connectivity index (χ1v) is 11.4. The number of halogens is 1. The third-order valence-electron chi connectivity index (χ3n) is 7.99. The van der Waals surface area contributed by atoms with Gasteiger partial charge in [0, 0.05) is 53.2 Å². The van der Waals surface area contributed by atoms with Gasteiger partial charge in [-0.15, -0.1) is 0 Å². The van der Waals surface area contributed by atoms with Gasteiger partial charge in [0.15, 0.2) is 0 Å². The number of aromatic nitrogens is 1. The highest BCUT2D eigenvalue weighted by molar-refractivity contribution is 6.31. The van der Waals surface area contributed by atoms with Crippen LogP contribution >= 0.6 is 11.6 Å². The topological polar surface area (TPSA) is 28.5 Å². The summed E-state index contributed by atoms with van der Waals surface area (Å²) in [6, 6.07) is 9.63. The summed E-state index contributed by atoms with van der Waals surface area (Å²) in [6.07, 6.45) is 9.09. The van der Waals surface area contributed by atoms with E-state index >= 15 is 0 Å². The Morgan fingerprint density at radius 1 is 1.07 bits per heavy atom. The van der Waals surface area contributed by atoms with Crippen LogP contribution in [0.15, 0.2) is 30.5 Å². The van der Waals surface area contributed by atoms with Crippen molar-refractivity contribution in [3.05, 3.63) is 35.5 Å². The maximum atomic E-state index is 13.2. The quantitative estimate of drug-likeness (QED) is 0.716. The van der Waals surface area contributed by atoms with Gasteiger partial charge in [-0.2, -0.15) is 0 Å². The molecule has 6 rings (SSSR count). The van der Waals surface area contributed by atoms with Crippen LogP contribution in [0.3, 0.4) is 0 Å². The molecular weight excluding hydrogens is 370 g/mol. The number of hydrogen-bond donors (Lipinski definition) is 0. The molecule has 5 atom stereocenters. The van der Waals surface area contributed by atoms with Gasteiger partial charge in [-0.3, -0.25) is 9.69 Å². The Hall–Kier alpha value is -1.52. The molecule has 1 aromatic carbocycles. The number of benzene rings is 1. The average Bonchev–Trinajstić information content (AvgIpc) is 3.12. The maximum absolute atomic E-state index is 13.2. The SMILES string of the molecule is O=C1CC(n2ccc3cc(Cl)ccc32)C[C@@H]2[C@H]3CCCN4CCC[C@@H](CN12)[C@@H]34. The van der Waals surface area contributed by atoms with Crippen molar-refractivity contribution in [1.82, 2.24) is 14.4 Å². The predicted molar refractivity (Wildman–Crippen MR) is 112 cm³/mol. The van der Waals surface area contributed by atoms with E-state index in [2.05, 4.69) is 32.7 Å². The molecule has 1 unspecified atom stereocenters. The Morgan fingerprint density at radius 3 is 2.82 bits per heavy atom. The molecule has 4 aliphatic rings. The molecule has 1 aromatic heterocycles. The number of piperidine rings is 4. The molecule has 0 bridgehead atoms. The van der Waals surface area contributed by atoms with Crippen molar-refractivity contribution < 1.29 is 4.79 Å².